The standard InChI is InChI=1S/C22H32N2O11/c23-6-12(10-2-1-9-3-4-24-11(9)5-10)33-22-20(31)18(29)16(27)14(35-22)8-32-21-19(30)17(28)15(26)13(7-25)34-21/h1-5,12-22,24-31H,6-8,23H2/t12?,13-,14-,15-,16-,17+,18+,19-,20-,21-,22-/m1/s1. The molecule has 0 aliphatic carbocycles. The number of rotatable bonds is 8. The first kappa shape index (κ1) is 26.3. The summed E-state index contributed by atoms with van der Waals surface area (Å²) in [5.74, 6) is 0. The molecule has 35 heavy (non-hydrogen) atoms. The third-order valence-electron chi connectivity index (χ3n) is 6.41. The van der Waals surface area contributed by atoms with Gasteiger partial charge in [-0.2, -0.15) is 0 Å². The van der Waals surface area contributed by atoms with Crippen LogP contribution in [-0.2, 0) is 18.9 Å². The number of H-pyrrole nitrogens is 1. The van der Waals surface area contributed by atoms with E-state index in [1.807, 2.05) is 24.3 Å². The van der Waals surface area contributed by atoms with Crippen LogP contribution in [0.1, 0.15) is 11.7 Å². The minimum absolute atomic E-state index is 0.0312. The molecule has 0 radical (unpaired) electrons. The molecule has 2 aliphatic heterocycles. The van der Waals surface area contributed by atoms with Crippen molar-refractivity contribution in [2.75, 3.05) is 19.8 Å². The fraction of sp³-hybridized carbons (Fsp3) is 0.636. The molecule has 196 valence electrons. The molecule has 0 bridgehead atoms. The van der Waals surface area contributed by atoms with Gasteiger partial charge in [-0.25, -0.2) is 0 Å². The highest BCUT2D eigenvalue weighted by Crippen LogP contribution is 2.29. The fourth-order valence-electron chi connectivity index (χ4n) is 4.26. The zero-order chi connectivity index (χ0) is 25.3. The van der Waals surface area contributed by atoms with Gasteiger partial charge in [-0.1, -0.05) is 12.1 Å². The molecule has 2 saturated heterocycles. The van der Waals surface area contributed by atoms with Gasteiger partial charge in [-0.15, -0.1) is 0 Å². The molecule has 2 aromatic rings. The number of hydrogen-bond donors (Lipinski definition) is 9. The Balaban J connectivity index is 1.43. The summed E-state index contributed by atoms with van der Waals surface area (Å²) in [5, 5.41) is 71.4. The van der Waals surface area contributed by atoms with Crippen molar-refractivity contribution >= 4 is 10.9 Å². The topological polar surface area (TPSA) is 220 Å². The van der Waals surface area contributed by atoms with Crippen molar-refractivity contribution in [3.8, 4) is 0 Å². The first-order valence-corrected chi connectivity index (χ1v) is 11.3. The molecule has 1 aromatic heterocycles. The Bertz CT molecular complexity index is 958. The first-order valence-electron chi connectivity index (χ1n) is 11.3. The molecule has 3 heterocycles. The minimum Gasteiger partial charge on any atom is -0.394 e. The number of nitrogens with two attached hydrogens (primary N) is 1. The number of nitrogens with one attached hydrogen (secondary N) is 1. The van der Waals surface area contributed by atoms with Gasteiger partial charge in [0.2, 0.25) is 0 Å². The Labute approximate surface area is 200 Å². The molecule has 0 amide bonds. The smallest absolute Gasteiger partial charge is 0.187 e. The zero-order valence-corrected chi connectivity index (χ0v) is 18.7. The van der Waals surface area contributed by atoms with E-state index in [-0.39, 0.29) is 6.54 Å². The van der Waals surface area contributed by atoms with Crippen LogP contribution in [0.2, 0.25) is 0 Å². The largest absolute Gasteiger partial charge is 0.394 e. The lowest BCUT2D eigenvalue weighted by atomic mass is 9.98. The van der Waals surface area contributed by atoms with E-state index in [1.54, 1.807) is 6.20 Å². The van der Waals surface area contributed by atoms with Crippen LogP contribution in [0.5, 0.6) is 0 Å². The van der Waals surface area contributed by atoms with E-state index in [4.69, 9.17) is 24.7 Å². The maximum Gasteiger partial charge on any atom is 0.187 e. The van der Waals surface area contributed by atoms with Gasteiger partial charge in [0.1, 0.15) is 48.8 Å². The molecule has 11 atom stereocenters. The van der Waals surface area contributed by atoms with Gasteiger partial charge in [0.25, 0.3) is 0 Å². The summed E-state index contributed by atoms with van der Waals surface area (Å²) in [6.45, 7) is -1.05. The fourth-order valence-corrected chi connectivity index (χ4v) is 4.26. The number of aliphatic hydroxyl groups is 7. The minimum atomic E-state index is -1.65. The van der Waals surface area contributed by atoms with Gasteiger partial charge in [0.05, 0.1) is 19.3 Å². The van der Waals surface area contributed by atoms with E-state index in [0.717, 1.165) is 10.9 Å². The average Bonchev–Trinajstić information content (AvgIpc) is 3.34. The third-order valence-corrected chi connectivity index (χ3v) is 6.41. The van der Waals surface area contributed by atoms with Crippen molar-refractivity contribution in [1.82, 2.24) is 4.98 Å². The van der Waals surface area contributed by atoms with Gasteiger partial charge >= 0.3 is 0 Å². The lowest BCUT2D eigenvalue weighted by molar-refractivity contribution is -0.335. The predicted molar refractivity (Wildman–Crippen MR) is 118 cm³/mol. The van der Waals surface area contributed by atoms with Crippen LogP contribution in [-0.4, -0.2) is 122 Å². The lowest BCUT2D eigenvalue weighted by Crippen LogP contribution is -2.61. The maximum absolute atomic E-state index is 10.4. The normalized spacial score (nSPS) is 39.1. The average molecular weight is 501 g/mol. The van der Waals surface area contributed by atoms with Crippen LogP contribution in [0.15, 0.2) is 30.5 Å². The van der Waals surface area contributed by atoms with Crippen molar-refractivity contribution in [2.45, 2.75) is 67.5 Å². The Morgan fingerprint density at radius 1 is 0.857 bits per heavy atom. The van der Waals surface area contributed by atoms with Crippen LogP contribution >= 0.6 is 0 Å². The summed E-state index contributed by atoms with van der Waals surface area (Å²) in [6, 6.07) is 7.44. The highest BCUT2D eigenvalue weighted by atomic mass is 16.7. The van der Waals surface area contributed by atoms with E-state index >= 15 is 0 Å². The van der Waals surface area contributed by atoms with Crippen molar-refractivity contribution in [3.05, 3.63) is 36.0 Å². The Morgan fingerprint density at radius 3 is 2.20 bits per heavy atom. The summed E-state index contributed by atoms with van der Waals surface area (Å²) in [6.07, 6.45) is -13.9. The van der Waals surface area contributed by atoms with Crippen LogP contribution in [0, 0.1) is 0 Å². The van der Waals surface area contributed by atoms with Gasteiger partial charge in [0, 0.05) is 18.3 Å². The van der Waals surface area contributed by atoms with E-state index < -0.39 is 80.7 Å². The number of aromatic nitrogens is 1. The number of fused-ring (bicyclic) bond motifs is 1. The summed E-state index contributed by atoms with van der Waals surface area (Å²) >= 11 is 0. The number of benzene rings is 1. The molecule has 1 aromatic carbocycles. The van der Waals surface area contributed by atoms with E-state index in [0.29, 0.717) is 5.56 Å². The van der Waals surface area contributed by atoms with Crippen LogP contribution in [0.25, 0.3) is 10.9 Å². The van der Waals surface area contributed by atoms with Crippen LogP contribution in [0.4, 0.5) is 0 Å². The van der Waals surface area contributed by atoms with E-state index in [9.17, 15) is 35.7 Å². The molecule has 0 saturated carbocycles. The van der Waals surface area contributed by atoms with Gasteiger partial charge in [0.15, 0.2) is 12.6 Å². The molecule has 13 heteroatoms. The first-order chi connectivity index (χ1) is 16.7. The molecule has 2 fully saturated rings. The van der Waals surface area contributed by atoms with Crippen molar-refractivity contribution in [2.24, 2.45) is 5.73 Å². The summed E-state index contributed by atoms with van der Waals surface area (Å²) < 4.78 is 22.2. The second-order valence-corrected chi connectivity index (χ2v) is 8.73. The molecule has 0 spiro atoms. The quantitative estimate of drug-likeness (QED) is 0.175. The SMILES string of the molecule is NCC(O[C@@H]1O[C@H](CO[C@@H]2O[C@H](CO)[C@@H](O)[C@H](O)[C@H]2O)[C@@H](O)[C@H](O)[C@H]1O)c1ccc2cc[nH]c2c1. The van der Waals surface area contributed by atoms with Gasteiger partial charge < -0.3 is 65.4 Å². The Hall–Kier alpha value is -1.72. The molecule has 1 unspecified atom stereocenters. The lowest BCUT2D eigenvalue weighted by Gasteiger charge is -2.43. The number of ether oxygens (including phenoxy) is 4. The summed E-state index contributed by atoms with van der Waals surface area (Å²) in [7, 11) is 0. The number of aliphatic hydroxyl groups excluding tert-OH is 7. The van der Waals surface area contributed by atoms with Crippen LogP contribution in [0.3, 0.4) is 0 Å². The van der Waals surface area contributed by atoms with Crippen LogP contribution < -0.4 is 5.73 Å². The van der Waals surface area contributed by atoms with Crippen molar-refractivity contribution in [3.63, 3.8) is 0 Å². The Morgan fingerprint density at radius 2 is 1.51 bits per heavy atom. The molecule has 10 N–H and O–H groups in total. The second kappa shape index (κ2) is 11.1. The third kappa shape index (κ3) is 5.36. The van der Waals surface area contributed by atoms with Gasteiger partial charge in [-0.05, 0) is 23.1 Å². The number of hydrogen-bond acceptors (Lipinski definition) is 12. The maximum atomic E-state index is 10.4. The van der Waals surface area contributed by atoms with Crippen molar-refractivity contribution in [1.29, 1.82) is 0 Å². The highest BCUT2D eigenvalue weighted by molar-refractivity contribution is 5.79. The molecule has 13 nitrogen and oxygen atoms in total. The number of aromatic amines is 1. The van der Waals surface area contributed by atoms with E-state index in [2.05, 4.69) is 4.98 Å². The second-order valence-electron chi connectivity index (χ2n) is 8.73. The van der Waals surface area contributed by atoms with Gasteiger partial charge in [-0.3, -0.25) is 0 Å². The zero-order valence-electron chi connectivity index (χ0n) is 18.7. The van der Waals surface area contributed by atoms with E-state index in [1.165, 1.54) is 0 Å². The highest BCUT2D eigenvalue weighted by Gasteiger charge is 2.47. The molecular weight excluding hydrogens is 468 g/mol. The summed E-state index contributed by atoms with van der Waals surface area (Å²) in [4.78, 5) is 3.09. The molecule has 2 aliphatic rings. The predicted octanol–water partition coefficient (Wildman–Crippen LogP) is -3.19. The molecule has 4 rings (SSSR count). The van der Waals surface area contributed by atoms with Crippen molar-refractivity contribution < 1.29 is 54.7 Å². The monoisotopic (exact) mass is 500 g/mol. The summed E-state index contributed by atoms with van der Waals surface area (Å²) in [5.41, 5.74) is 7.45. The molecular formula is C22H32N2O11. The Kier molecular flexibility index (Phi) is 8.38.